The summed E-state index contributed by atoms with van der Waals surface area (Å²) in [5.41, 5.74) is 9.71. The first-order chi connectivity index (χ1) is 7.81. The molecule has 3 rings (SSSR count). The van der Waals surface area contributed by atoms with Crippen molar-refractivity contribution in [2.24, 2.45) is 0 Å². The highest BCUT2D eigenvalue weighted by Crippen LogP contribution is 2.26. The molecule has 0 heterocycles. The van der Waals surface area contributed by atoms with Crippen LogP contribution in [0.15, 0.2) is 18.2 Å². The predicted molar refractivity (Wildman–Crippen MR) is 67.4 cm³/mol. The maximum Gasteiger partial charge on any atom is 0.0316 e. The van der Waals surface area contributed by atoms with Crippen LogP contribution in [0.1, 0.15) is 36.8 Å². The average Bonchev–Trinajstić information content (AvgIpc) is 2.23. The molecule has 0 bridgehead atoms. The lowest BCUT2D eigenvalue weighted by molar-refractivity contribution is 0.290. The number of benzene rings is 1. The third kappa shape index (κ3) is 1.94. The number of aryl methyl sites for hydroxylation is 1. The molecule has 16 heavy (non-hydrogen) atoms. The van der Waals surface area contributed by atoms with E-state index in [9.17, 15) is 0 Å². The van der Waals surface area contributed by atoms with Crippen LogP contribution in [0.3, 0.4) is 0 Å². The van der Waals surface area contributed by atoms with Crippen molar-refractivity contribution < 1.29 is 0 Å². The van der Waals surface area contributed by atoms with Gasteiger partial charge in [-0.3, -0.25) is 0 Å². The van der Waals surface area contributed by atoms with Crippen LogP contribution in [0.2, 0.25) is 0 Å². The van der Waals surface area contributed by atoms with Gasteiger partial charge in [0.1, 0.15) is 0 Å². The van der Waals surface area contributed by atoms with Gasteiger partial charge >= 0.3 is 0 Å². The molecule has 2 aliphatic carbocycles. The Morgan fingerprint density at radius 3 is 2.69 bits per heavy atom. The van der Waals surface area contributed by atoms with Crippen molar-refractivity contribution in [3.05, 3.63) is 29.3 Å². The van der Waals surface area contributed by atoms with Gasteiger partial charge in [0.25, 0.3) is 0 Å². The Labute approximate surface area is 97.2 Å². The van der Waals surface area contributed by atoms with Crippen LogP contribution >= 0.6 is 0 Å². The second-order valence-corrected chi connectivity index (χ2v) is 5.26. The molecular formula is C14H20N2. The normalized spacial score (nSPS) is 24.9. The minimum atomic E-state index is 0.680. The molecule has 2 heteroatoms. The van der Waals surface area contributed by atoms with Crippen molar-refractivity contribution >= 4 is 5.69 Å². The van der Waals surface area contributed by atoms with E-state index in [1.165, 1.54) is 43.2 Å². The Morgan fingerprint density at radius 2 is 1.94 bits per heavy atom. The first-order valence-electron chi connectivity index (χ1n) is 6.44. The molecule has 1 unspecified atom stereocenters. The average molecular weight is 216 g/mol. The number of rotatable bonds is 2. The molecule has 0 aromatic heterocycles. The quantitative estimate of drug-likeness (QED) is 0.744. The molecule has 1 fully saturated rings. The number of anilines is 1. The number of hydrogen-bond acceptors (Lipinski definition) is 2. The van der Waals surface area contributed by atoms with Gasteiger partial charge in [-0.15, -0.1) is 0 Å². The molecule has 0 spiro atoms. The maximum atomic E-state index is 5.85. The minimum Gasteiger partial charge on any atom is -0.399 e. The Kier molecular flexibility index (Phi) is 2.60. The van der Waals surface area contributed by atoms with Gasteiger partial charge < -0.3 is 11.1 Å². The smallest absolute Gasteiger partial charge is 0.0316 e. The lowest BCUT2D eigenvalue weighted by Crippen LogP contribution is -2.44. The Morgan fingerprint density at radius 1 is 1.06 bits per heavy atom. The topological polar surface area (TPSA) is 38.0 Å². The standard InChI is InChI=1S/C14H20N2/c15-12-6-4-10-5-7-14(9-11(10)8-12)16-13-2-1-3-13/h4,6,8,13-14,16H,1-3,5,7,9,15H2. The summed E-state index contributed by atoms with van der Waals surface area (Å²) >= 11 is 0. The van der Waals surface area contributed by atoms with Crippen molar-refractivity contribution in [3.63, 3.8) is 0 Å². The van der Waals surface area contributed by atoms with E-state index in [0.29, 0.717) is 6.04 Å². The lowest BCUT2D eigenvalue weighted by atomic mass is 9.85. The largest absolute Gasteiger partial charge is 0.399 e. The summed E-state index contributed by atoms with van der Waals surface area (Å²) in [7, 11) is 0. The zero-order chi connectivity index (χ0) is 11.0. The van der Waals surface area contributed by atoms with E-state index in [0.717, 1.165) is 18.2 Å². The molecule has 3 N–H and O–H groups in total. The number of fused-ring (bicyclic) bond motifs is 1. The van der Waals surface area contributed by atoms with E-state index >= 15 is 0 Å². The molecule has 2 aliphatic rings. The number of nitrogens with one attached hydrogen (secondary N) is 1. The van der Waals surface area contributed by atoms with E-state index in [2.05, 4.69) is 17.4 Å². The van der Waals surface area contributed by atoms with E-state index < -0.39 is 0 Å². The van der Waals surface area contributed by atoms with Gasteiger partial charge in [0.15, 0.2) is 0 Å². The SMILES string of the molecule is Nc1ccc2c(c1)CC(NC1CCC1)CC2. The van der Waals surface area contributed by atoms with Crippen molar-refractivity contribution in [2.75, 3.05) is 5.73 Å². The number of hydrogen-bond donors (Lipinski definition) is 2. The summed E-state index contributed by atoms with van der Waals surface area (Å²) < 4.78 is 0. The lowest BCUT2D eigenvalue weighted by Gasteiger charge is -2.34. The molecular weight excluding hydrogens is 196 g/mol. The molecule has 0 radical (unpaired) electrons. The van der Waals surface area contributed by atoms with Gasteiger partial charge in [-0.25, -0.2) is 0 Å². The fraction of sp³-hybridized carbons (Fsp3) is 0.571. The Bertz CT molecular complexity index is 382. The molecule has 86 valence electrons. The fourth-order valence-electron chi connectivity index (χ4n) is 2.83. The van der Waals surface area contributed by atoms with Gasteiger partial charge in [-0.2, -0.15) is 0 Å². The zero-order valence-electron chi connectivity index (χ0n) is 9.71. The summed E-state index contributed by atoms with van der Waals surface area (Å²) in [4.78, 5) is 0. The van der Waals surface area contributed by atoms with Crippen molar-refractivity contribution in [2.45, 2.75) is 50.6 Å². The third-order valence-corrected chi connectivity index (χ3v) is 4.04. The molecule has 1 atom stereocenters. The summed E-state index contributed by atoms with van der Waals surface area (Å²) in [6.45, 7) is 0. The van der Waals surface area contributed by atoms with Gasteiger partial charge in [-0.05, 0) is 55.4 Å². The van der Waals surface area contributed by atoms with E-state index in [4.69, 9.17) is 5.73 Å². The molecule has 1 aromatic rings. The second kappa shape index (κ2) is 4.10. The van der Waals surface area contributed by atoms with Crippen molar-refractivity contribution in [3.8, 4) is 0 Å². The fourth-order valence-corrected chi connectivity index (χ4v) is 2.83. The first kappa shape index (κ1) is 10.2. The van der Waals surface area contributed by atoms with Crippen LogP contribution in [0.25, 0.3) is 0 Å². The zero-order valence-corrected chi connectivity index (χ0v) is 9.71. The van der Waals surface area contributed by atoms with Crippen LogP contribution < -0.4 is 11.1 Å². The highest BCUT2D eigenvalue weighted by Gasteiger charge is 2.24. The molecule has 0 amide bonds. The molecule has 0 aliphatic heterocycles. The summed E-state index contributed by atoms with van der Waals surface area (Å²) in [6, 6.07) is 7.86. The van der Waals surface area contributed by atoms with Crippen molar-refractivity contribution in [1.29, 1.82) is 0 Å². The van der Waals surface area contributed by atoms with Crippen LogP contribution in [-0.4, -0.2) is 12.1 Å². The van der Waals surface area contributed by atoms with Gasteiger partial charge in [0.05, 0.1) is 0 Å². The minimum absolute atomic E-state index is 0.680. The van der Waals surface area contributed by atoms with E-state index in [1.54, 1.807) is 0 Å². The van der Waals surface area contributed by atoms with Gasteiger partial charge in [0.2, 0.25) is 0 Å². The Hall–Kier alpha value is -1.02. The number of nitrogens with two attached hydrogens (primary N) is 1. The maximum absolute atomic E-state index is 5.85. The monoisotopic (exact) mass is 216 g/mol. The van der Waals surface area contributed by atoms with Crippen LogP contribution in [0.5, 0.6) is 0 Å². The van der Waals surface area contributed by atoms with Gasteiger partial charge in [-0.1, -0.05) is 12.5 Å². The molecule has 2 nitrogen and oxygen atoms in total. The van der Waals surface area contributed by atoms with Gasteiger partial charge in [0, 0.05) is 17.8 Å². The number of nitrogen functional groups attached to an aromatic ring is 1. The summed E-state index contributed by atoms with van der Waals surface area (Å²) in [6.07, 6.45) is 7.82. The summed E-state index contributed by atoms with van der Waals surface area (Å²) in [5, 5.41) is 3.77. The molecule has 1 aromatic carbocycles. The molecule has 1 saturated carbocycles. The molecule has 0 saturated heterocycles. The van der Waals surface area contributed by atoms with Crippen LogP contribution in [0.4, 0.5) is 5.69 Å². The van der Waals surface area contributed by atoms with Crippen molar-refractivity contribution in [1.82, 2.24) is 5.32 Å². The predicted octanol–water partition coefficient (Wildman–Crippen LogP) is 2.27. The van der Waals surface area contributed by atoms with E-state index in [1.807, 2.05) is 6.07 Å². The van der Waals surface area contributed by atoms with Crippen LogP contribution in [0, 0.1) is 0 Å². The highest BCUT2D eigenvalue weighted by atomic mass is 15.0. The Balaban J connectivity index is 1.69. The second-order valence-electron chi connectivity index (χ2n) is 5.26. The highest BCUT2D eigenvalue weighted by molar-refractivity contribution is 5.46. The van der Waals surface area contributed by atoms with Crippen LogP contribution in [-0.2, 0) is 12.8 Å². The first-order valence-corrected chi connectivity index (χ1v) is 6.44. The summed E-state index contributed by atoms with van der Waals surface area (Å²) in [5.74, 6) is 0. The van der Waals surface area contributed by atoms with E-state index in [-0.39, 0.29) is 0 Å². The third-order valence-electron chi connectivity index (χ3n) is 4.04.